The number of nitrogens with one attached hydrogen (secondary N) is 1. The van der Waals surface area contributed by atoms with Crippen LogP contribution in [0.15, 0.2) is 41.0 Å². The van der Waals surface area contributed by atoms with Crippen molar-refractivity contribution in [2.24, 2.45) is 5.73 Å². The molecule has 1 atom stereocenters. The Labute approximate surface area is 117 Å². The minimum absolute atomic E-state index is 0.182. The molecule has 1 aromatic carbocycles. The molecule has 0 spiro atoms. The van der Waals surface area contributed by atoms with Crippen molar-refractivity contribution >= 4 is 17.3 Å². The molecule has 1 aromatic heterocycles. The van der Waals surface area contributed by atoms with Crippen LogP contribution in [0, 0.1) is 0 Å². The number of benzene rings is 1. The SMILES string of the molecule is CC(CCc1ccco1)Nc1ccc(N)cc1C(N)=O. The van der Waals surface area contributed by atoms with Crippen molar-refractivity contribution in [3.63, 3.8) is 0 Å². The normalized spacial score (nSPS) is 12.1. The minimum atomic E-state index is -0.488. The second-order valence-corrected chi connectivity index (χ2v) is 4.83. The molecule has 1 heterocycles. The average molecular weight is 273 g/mol. The highest BCUT2D eigenvalue weighted by molar-refractivity contribution is 5.99. The molecule has 20 heavy (non-hydrogen) atoms. The van der Waals surface area contributed by atoms with Crippen LogP contribution < -0.4 is 16.8 Å². The van der Waals surface area contributed by atoms with Gasteiger partial charge in [0.15, 0.2) is 0 Å². The van der Waals surface area contributed by atoms with Crippen molar-refractivity contribution in [1.29, 1.82) is 0 Å². The second-order valence-electron chi connectivity index (χ2n) is 4.83. The average Bonchev–Trinajstić information content (AvgIpc) is 2.91. The van der Waals surface area contributed by atoms with Crippen LogP contribution in [0.4, 0.5) is 11.4 Å². The summed E-state index contributed by atoms with van der Waals surface area (Å²) >= 11 is 0. The van der Waals surface area contributed by atoms with Gasteiger partial charge in [0.1, 0.15) is 5.76 Å². The highest BCUT2D eigenvalue weighted by Gasteiger charge is 2.11. The summed E-state index contributed by atoms with van der Waals surface area (Å²) in [6.07, 6.45) is 3.39. The van der Waals surface area contributed by atoms with E-state index >= 15 is 0 Å². The van der Waals surface area contributed by atoms with Gasteiger partial charge in [-0.15, -0.1) is 0 Å². The summed E-state index contributed by atoms with van der Waals surface area (Å²) < 4.78 is 5.29. The summed E-state index contributed by atoms with van der Waals surface area (Å²) in [6, 6.07) is 9.11. The third-order valence-corrected chi connectivity index (χ3v) is 3.11. The lowest BCUT2D eigenvalue weighted by atomic mass is 10.1. The number of hydrogen-bond acceptors (Lipinski definition) is 4. The Balaban J connectivity index is 2.00. The lowest BCUT2D eigenvalue weighted by molar-refractivity contribution is 0.100. The molecular weight excluding hydrogens is 254 g/mol. The van der Waals surface area contributed by atoms with Crippen LogP contribution in [0.2, 0.25) is 0 Å². The van der Waals surface area contributed by atoms with Crippen LogP contribution >= 0.6 is 0 Å². The Morgan fingerprint density at radius 1 is 1.40 bits per heavy atom. The molecule has 0 aliphatic carbocycles. The van der Waals surface area contributed by atoms with E-state index in [1.165, 1.54) is 0 Å². The largest absolute Gasteiger partial charge is 0.469 e. The van der Waals surface area contributed by atoms with Gasteiger partial charge in [0.05, 0.1) is 11.8 Å². The molecule has 106 valence electrons. The van der Waals surface area contributed by atoms with Crippen molar-refractivity contribution in [1.82, 2.24) is 0 Å². The van der Waals surface area contributed by atoms with E-state index in [-0.39, 0.29) is 6.04 Å². The minimum Gasteiger partial charge on any atom is -0.469 e. The Hall–Kier alpha value is -2.43. The first-order valence-corrected chi connectivity index (χ1v) is 6.54. The number of nitrogens with two attached hydrogens (primary N) is 2. The van der Waals surface area contributed by atoms with Gasteiger partial charge in [-0.3, -0.25) is 4.79 Å². The molecule has 2 aromatic rings. The number of furan rings is 1. The zero-order chi connectivity index (χ0) is 14.5. The van der Waals surface area contributed by atoms with E-state index < -0.39 is 5.91 Å². The van der Waals surface area contributed by atoms with Crippen LogP contribution in [0.25, 0.3) is 0 Å². The fraction of sp³-hybridized carbons (Fsp3) is 0.267. The van der Waals surface area contributed by atoms with E-state index in [1.807, 2.05) is 19.1 Å². The molecule has 0 aliphatic rings. The van der Waals surface area contributed by atoms with Crippen LogP contribution in [0.1, 0.15) is 29.5 Å². The molecular formula is C15H19N3O2. The monoisotopic (exact) mass is 273 g/mol. The zero-order valence-electron chi connectivity index (χ0n) is 11.4. The lowest BCUT2D eigenvalue weighted by Crippen LogP contribution is -2.20. The van der Waals surface area contributed by atoms with Crippen molar-refractivity contribution in [3.8, 4) is 0 Å². The number of primary amides is 1. The van der Waals surface area contributed by atoms with Gasteiger partial charge < -0.3 is 21.2 Å². The van der Waals surface area contributed by atoms with Gasteiger partial charge in [0, 0.05) is 23.8 Å². The molecule has 0 fully saturated rings. The van der Waals surface area contributed by atoms with E-state index in [0.29, 0.717) is 16.9 Å². The first kappa shape index (κ1) is 14.0. The highest BCUT2D eigenvalue weighted by Crippen LogP contribution is 2.20. The fourth-order valence-corrected chi connectivity index (χ4v) is 2.04. The number of aryl methyl sites for hydroxylation is 1. The third kappa shape index (κ3) is 3.54. The van der Waals surface area contributed by atoms with Gasteiger partial charge in [-0.25, -0.2) is 0 Å². The molecule has 0 radical (unpaired) electrons. The highest BCUT2D eigenvalue weighted by atomic mass is 16.3. The summed E-state index contributed by atoms with van der Waals surface area (Å²) in [5.41, 5.74) is 12.7. The van der Waals surface area contributed by atoms with Crippen LogP contribution in [0.3, 0.4) is 0 Å². The number of carbonyl (C=O) groups is 1. The number of rotatable bonds is 6. The second kappa shape index (κ2) is 6.14. The lowest BCUT2D eigenvalue weighted by Gasteiger charge is -2.17. The summed E-state index contributed by atoms with van der Waals surface area (Å²) in [5, 5.41) is 3.28. The molecule has 0 aliphatic heterocycles. The van der Waals surface area contributed by atoms with E-state index in [2.05, 4.69) is 5.32 Å². The first-order valence-electron chi connectivity index (χ1n) is 6.54. The molecule has 0 bridgehead atoms. The van der Waals surface area contributed by atoms with Gasteiger partial charge in [0.2, 0.25) is 0 Å². The Bertz CT molecular complexity index is 579. The Morgan fingerprint density at radius 3 is 2.85 bits per heavy atom. The molecule has 1 unspecified atom stereocenters. The first-order chi connectivity index (χ1) is 9.56. The van der Waals surface area contributed by atoms with Crippen LogP contribution in [-0.4, -0.2) is 11.9 Å². The predicted molar refractivity (Wildman–Crippen MR) is 79.5 cm³/mol. The van der Waals surface area contributed by atoms with Crippen molar-refractivity contribution in [3.05, 3.63) is 47.9 Å². The number of nitrogen functional groups attached to an aromatic ring is 1. The molecule has 5 nitrogen and oxygen atoms in total. The maximum absolute atomic E-state index is 11.4. The molecule has 1 amide bonds. The van der Waals surface area contributed by atoms with Gasteiger partial charge in [-0.05, 0) is 43.7 Å². The summed E-state index contributed by atoms with van der Waals surface area (Å²) in [7, 11) is 0. The Kier molecular flexibility index (Phi) is 4.30. The van der Waals surface area contributed by atoms with E-state index in [0.717, 1.165) is 18.6 Å². The topological polar surface area (TPSA) is 94.3 Å². The molecule has 5 N–H and O–H groups in total. The Morgan fingerprint density at radius 2 is 2.20 bits per heavy atom. The fourth-order valence-electron chi connectivity index (χ4n) is 2.04. The zero-order valence-corrected chi connectivity index (χ0v) is 11.4. The smallest absolute Gasteiger partial charge is 0.250 e. The molecule has 0 saturated heterocycles. The van der Waals surface area contributed by atoms with E-state index in [4.69, 9.17) is 15.9 Å². The van der Waals surface area contributed by atoms with Gasteiger partial charge in [0.25, 0.3) is 5.91 Å². The summed E-state index contributed by atoms with van der Waals surface area (Å²) in [4.78, 5) is 11.4. The van der Waals surface area contributed by atoms with Crippen molar-refractivity contribution in [2.45, 2.75) is 25.8 Å². The summed E-state index contributed by atoms with van der Waals surface area (Å²) in [5.74, 6) is 0.462. The summed E-state index contributed by atoms with van der Waals surface area (Å²) in [6.45, 7) is 2.05. The number of hydrogen-bond donors (Lipinski definition) is 3. The maximum atomic E-state index is 11.4. The van der Waals surface area contributed by atoms with Crippen LogP contribution in [0.5, 0.6) is 0 Å². The van der Waals surface area contributed by atoms with Crippen molar-refractivity contribution < 1.29 is 9.21 Å². The van der Waals surface area contributed by atoms with Gasteiger partial charge in [-0.1, -0.05) is 0 Å². The van der Waals surface area contributed by atoms with Crippen LogP contribution in [-0.2, 0) is 6.42 Å². The van der Waals surface area contributed by atoms with Gasteiger partial charge in [-0.2, -0.15) is 0 Å². The van der Waals surface area contributed by atoms with Gasteiger partial charge >= 0.3 is 0 Å². The van der Waals surface area contributed by atoms with E-state index in [9.17, 15) is 4.79 Å². The molecule has 2 rings (SSSR count). The van der Waals surface area contributed by atoms with E-state index in [1.54, 1.807) is 24.5 Å². The molecule has 5 heteroatoms. The number of anilines is 2. The number of amides is 1. The molecule has 0 saturated carbocycles. The third-order valence-electron chi connectivity index (χ3n) is 3.11. The predicted octanol–water partition coefficient (Wildman–Crippen LogP) is 2.39. The quantitative estimate of drug-likeness (QED) is 0.704. The standard InChI is InChI=1S/C15H19N3O2/c1-10(4-6-12-3-2-8-20-12)18-14-7-5-11(16)9-13(14)15(17)19/h2-3,5,7-10,18H,4,6,16H2,1H3,(H2,17,19). The van der Waals surface area contributed by atoms with Crippen molar-refractivity contribution in [2.75, 3.05) is 11.1 Å². The number of carbonyl (C=O) groups excluding carboxylic acids is 1. The maximum Gasteiger partial charge on any atom is 0.250 e.